The van der Waals surface area contributed by atoms with E-state index >= 15 is 0 Å². The van der Waals surface area contributed by atoms with Gasteiger partial charge in [0.15, 0.2) is 9.84 Å². The average Bonchev–Trinajstić information content (AvgIpc) is 2.45. The van der Waals surface area contributed by atoms with E-state index in [0.29, 0.717) is 12.8 Å². The molecule has 1 fully saturated rings. The van der Waals surface area contributed by atoms with Crippen LogP contribution in [0.15, 0.2) is 0 Å². The van der Waals surface area contributed by atoms with E-state index in [1.54, 1.807) is 0 Å². The molecule has 1 saturated heterocycles. The Kier molecular flexibility index (Phi) is 3.96. The lowest BCUT2D eigenvalue weighted by atomic mass is 9.99. The number of hydrogen-bond donors (Lipinski definition) is 2. The van der Waals surface area contributed by atoms with Gasteiger partial charge in [-0.1, -0.05) is 0 Å². The molecular weight excluding hydrogens is 230 g/mol. The molecule has 0 radical (unpaired) electrons. The fraction of sp³-hybridized carbons (Fsp3) is 0.900. The van der Waals surface area contributed by atoms with Crippen LogP contribution in [0, 0.1) is 5.92 Å². The van der Waals surface area contributed by atoms with Crippen molar-refractivity contribution in [1.82, 2.24) is 5.32 Å². The van der Waals surface area contributed by atoms with Gasteiger partial charge < -0.3 is 10.4 Å². The second kappa shape index (κ2) is 4.71. The lowest BCUT2D eigenvalue weighted by Gasteiger charge is -2.26. The minimum atomic E-state index is -3.02. The lowest BCUT2D eigenvalue weighted by Crippen LogP contribution is -2.46. The van der Waals surface area contributed by atoms with Crippen LogP contribution in [-0.4, -0.2) is 43.1 Å². The molecule has 1 rings (SSSR count). The third-order valence-corrected chi connectivity index (χ3v) is 4.57. The summed E-state index contributed by atoms with van der Waals surface area (Å²) in [5.41, 5.74) is -0.488. The second-order valence-electron chi connectivity index (χ2n) is 4.95. The highest BCUT2D eigenvalue weighted by Crippen LogP contribution is 2.20. The topological polar surface area (TPSA) is 83.5 Å². The molecule has 0 aromatic heterocycles. The minimum absolute atomic E-state index is 0.00372. The first-order chi connectivity index (χ1) is 7.26. The van der Waals surface area contributed by atoms with Crippen LogP contribution >= 0.6 is 0 Å². The Balaban J connectivity index is 2.54. The highest BCUT2D eigenvalue weighted by Gasteiger charge is 2.34. The summed E-state index contributed by atoms with van der Waals surface area (Å²) >= 11 is 0. The van der Waals surface area contributed by atoms with E-state index in [4.69, 9.17) is 5.11 Å². The monoisotopic (exact) mass is 249 g/mol. The fourth-order valence-electron chi connectivity index (χ4n) is 1.78. The van der Waals surface area contributed by atoms with Gasteiger partial charge >= 0.3 is 0 Å². The van der Waals surface area contributed by atoms with E-state index < -0.39 is 21.3 Å². The summed E-state index contributed by atoms with van der Waals surface area (Å²) in [6.07, 6.45) is 0.863. The number of hydrogen-bond acceptors (Lipinski definition) is 4. The number of aliphatic hydroxyl groups is 1. The summed E-state index contributed by atoms with van der Waals surface area (Å²) in [5.74, 6) is -0.595. The number of amides is 1. The molecule has 0 spiro atoms. The van der Waals surface area contributed by atoms with Crippen LogP contribution in [0.4, 0.5) is 0 Å². The molecule has 94 valence electrons. The van der Waals surface area contributed by atoms with E-state index in [0.717, 1.165) is 0 Å². The van der Waals surface area contributed by atoms with Gasteiger partial charge in [-0.05, 0) is 26.7 Å². The Hall–Kier alpha value is -0.620. The zero-order valence-electron chi connectivity index (χ0n) is 9.69. The Labute approximate surface area is 96.1 Å². The second-order valence-corrected chi connectivity index (χ2v) is 7.18. The Morgan fingerprint density at radius 3 is 2.56 bits per heavy atom. The molecule has 0 aromatic carbocycles. The van der Waals surface area contributed by atoms with Gasteiger partial charge in [-0.25, -0.2) is 8.42 Å². The number of carbonyl (C=O) groups excluding carboxylic acids is 1. The molecule has 1 unspecified atom stereocenters. The van der Waals surface area contributed by atoms with Crippen LogP contribution in [-0.2, 0) is 14.6 Å². The van der Waals surface area contributed by atoms with Crippen LogP contribution in [0.3, 0.4) is 0 Å². The third kappa shape index (κ3) is 3.75. The Bertz CT molecular complexity index is 361. The smallest absolute Gasteiger partial charge is 0.224 e. The number of carbonyl (C=O) groups is 1. The first-order valence-corrected chi connectivity index (χ1v) is 7.21. The molecule has 0 saturated carbocycles. The summed E-state index contributed by atoms with van der Waals surface area (Å²) in [7, 11) is -3.02. The number of sulfone groups is 1. The summed E-state index contributed by atoms with van der Waals surface area (Å²) in [6.45, 7) is 3.62. The molecule has 16 heavy (non-hydrogen) atoms. The van der Waals surface area contributed by atoms with Crippen LogP contribution in [0.25, 0.3) is 0 Å². The largest absolute Gasteiger partial charge is 0.396 e. The molecule has 1 aliphatic rings. The lowest BCUT2D eigenvalue weighted by molar-refractivity contribution is -0.126. The summed E-state index contributed by atoms with van der Waals surface area (Å²) in [5, 5.41) is 11.6. The van der Waals surface area contributed by atoms with Crippen molar-refractivity contribution >= 4 is 15.7 Å². The highest BCUT2D eigenvalue weighted by molar-refractivity contribution is 7.91. The first kappa shape index (κ1) is 13.4. The third-order valence-electron chi connectivity index (χ3n) is 2.80. The first-order valence-electron chi connectivity index (χ1n) is 5.39. The SMILES string of the molecule is CC(C)(CCO)NC(=O)C1CCS(=O)(=O)C1. The summed E-state index contributed by atoms with van der Waals surface area (Å²) in [6, 6.07) is 0. The van der Waals surface area contributed by atoms with E-state index in [1.807, 2.05) is 13.8 Å². The molecule has 1 aliphatic heterocycles. The molecule has 0 bridgehead atoms. The van der Waals surface area contributed by atoms with Gasteiger partial charge in [0.25, 0.3) is 0 Å². The highest BCUT2D eigenvalue weighted by atomic mass is 32.2. The average molecular weight is 249 g/mol. The molecule has 1 atom stereocenters. The van der Waals surface area contributed by atoms with Crippen molar-refractivity contribution in [3.8, 4) is 0 Å². The number of aliphatic hydroxyl groups excluding tert-OH is 1. The van der Waals surface area contributed by atoms with Gasteiger partial charge in [0.05, 0.1) is 17.4 Å². The van der Waals surface area contributed by atoms with Crippen LogP contribution in [0.2, 0.25) is 0 Å². The molecular formula is C10H19NO4S. The van der Waals surface area contributed by atoms with Gasteiger partial charge in [0, 0.05) is 12.1 Å². The standard InChI is InChI=1S/C10H19NO4S/c1-10(2,4-5-12)11-9(13)8-3-6-16(14,15)7-8/h8,12H,3-7H2,1-2H3,(H,11,13). The van der Waals surface area contributed by atoms with Crippen molar-refractivity contribution in [2.24, 2.45) is 5.92 Å². The van der Waals surface area contributed by atoms with Gasteiger partial charge in [-0.15, -0.1) is 0 Å². The number of nitrogens with one attached hydrogen (secondary N) is 1. The molecule has 6 heteroatoms. The summed E-state index contributed by atoms with van der Waals surface area (Å²) < 4.78 is 22.4. The summed E-state index contributed by atoms with van der Waals surface area (Å²) in [4.78, 5) is 11.8. The van der Waals surface area contributed by atoms with Crippen molar-refractivity contribution in [2.75, 3.05) is 18.1 Å². The van der Waals surface area contributed by atoms with Crippen LogP contribution in [0.5, 0.6) is 0 Å². The zero-order valence-corrected chi connectivity index (χ0v) is 10.5. The van der Waals surface area contributed by atoms with E-state index in [1.165, 1.54) is 0 Å². The van der Waals surface area contributed by atoms with E-state index in [9.17, 15) is 13.2 Å². The fourth-order valence-corrected chi connectivity index (χ4v) is 3.52. The molecule has 0 aromatic rings. The normalized spacial score (nSPS) is 24.3. The quantitative estimate of drug-likeness (QED) is 0.716. The van der Waals surface area contributed by atoms with Crippen molar-refractivity contribution in [1.29, 1.82) is 0 Å². The Morgan fingerprint density at radius 2 is 2.12 bits per heavy atom. The maximum absolute atomic E-state index is 11.8. The Morgan fingerprint density at radius 1 is 1.50 bits per heavy atom. The predicted molar refractivity (Wildman–Crippen MR) is 60.7 cm³/mol. The van der Waals surface area contributed by atoms with Crippen molar-refractivity contribution in [3.63, 3.8) is 0 Å². The van der Waals surface area contributed by atoms with Crippen molar-refractivity contribution in [3.05, 3.63) is 0 Å². The molecule has 0 aliphatic carbocycles. The van der Waals surface area contributed by atoms with Crippen LogP contribution in [0.1, 0.15) is 26.7 Å². The number of rotatable bonds is 4. The molecule has 5 nitrogen and oxygen atoms in total. The van der Waals surface area contributed by atoms with Gasteiger partial charge in [-0.2, -0.15) is 0 Å². The van der Waals surface area contributed by atoms with Crippen LogP contribution < -0.4 is 5.32 Å². The van der Waals surface area contributed by atoms with E-state index in [-0.39, 0.29) is 24.0 Å². The molecule has 1 heterocycles. The predicted octanol–water partition coefficient (Wildman–Crippen LogP) is -0.302. The van der Waals surface area contributed by atoms with Gasteiger partial charge in [0.1, 0.15) is 0 Å². The minimum Gasteiger partial charge on any atom is -0.396 e. The van der Waals surface area contributed by atoms with Crippen molar-refractivity contribution < 1.29 is 18.3 Å². The molecule has 1 amide bonds. The van der Waals surface area contributed by atoms with Gasteiger partial charge in [0.2, 0.25) is 5.91 Å². The van der Waals surface area contributed by atoms with E-state index in [2.05, 4.69) is 5.32 Å². The van der Waals surface area contributed by atoms with Gasteiger partial charge in [-0.3, -0.25) is 4.79 Å². The molecule has 2 N–H and O–H groups in total. The maximum atomic E-state index is 11.8. The van der Waals surface area contributed by atoms with Crippen molar-refractivity contribution in [2.45, 2.75) is 32.2 Å². The maximum Gasteiger partial charge on any atom is 0.224 e. The zero-order chi connectivity index (χ0) is 12.4.